The summed E-state index contributed by atoms with van der Waals surface area (Å²) in [6.07, 6.45) is 3.41. The molecule has 1 fully saturated rings. The zero-order valence-corrected chi connectivity index (χ0v) is 7.88. The van der Waals surface area contributed by atoms with Crippen LogP contribution in [0.1, 0.15) is 5.56 Å². The number of carbonyl (C=O) groups is 2. The highest BCUT2D eigenvalue weighted by Crippen LogP contribution is 2.04. The van der Waals surface area contributed by atoms with Crippen molar-refractivity contribution in [2.45, 2.75) is 6.04 Å². The lowest BCUT2D eigenvalue weighted by atomic mass is 10.2. The van der Waals surface area contributed by atoms with Gasteiger partial charge in [-0.3, -0.25) is 4.79 Å². The number of urea groups is 1. The summed E-state index contributed by atoms with van der Waals surface area (Å²) in [7, 11) is 0. The average Bonchev–Trinajstić information content (AvgIpc) is 2.56. The van der Waals surface area contributed by atoms with Crippen LogP contribution in [-0.4, -0.2) is 18.0 Å². The van der Waals surface area contributed by atoms with Crippen LogP contribution >= 0.6 is 0 Å². The molecule has 1 aromatic carbocycles. The van der Waals surface area contributed by atoms with Gasteiger partial charge in [0.25, 0.3) is 5.91 Å². The summed E-state index contributed by atoms with van der Waals surface area (Å²) in [6, 6.07) is 8.36. The summed E-state index contributed by atoms with van der Waals surface area (Å²) in [5.74, 6) is -0.438. The molecule has 1 unspecified atom stereocenters. The Kier molecular flexibility index (Phi) is 2.49. The Bertz CT molecular complexity index is 412. The van der Waals surface area contributed by atoms with E-state index in [2.05, 4.69) is 10.6 Å². The van der Waals surface area contributed by atoms with Crippen molar-refractivity contribution < 1.29 is 9.59 Å². The third kappa shape index (κ3) is 2.22. The molecular formula is C11H9N2O2. The first-order chi connectivity index (χ1) is 7.25. The number of rotatable bonds is 2. The van der Waals surface area contributed by atoms with E-state index in [1.165, 1.54) is 0 Å². The van der Waals surface area contributed by atoms with E-state index >= 15 is 0 Å². The fourth-order valence-electron chi connectivity index (χ4n) is 1.30. The molecule has 1 saturated heterocycles. The lowest BCUT2D eigenvalue weighted by molar-refractivity contribution is -0.119. The van der Waals surface area contributed by atoms with E-state index in [9.17, 15) is 9.59 Å². The predicted octanol–water partition coefficient (Wildman–Crippen LogP) is 0.923. The fourth-order valence-corrected chi connectivity index (χ4v) is 1.30. The zero-order chi connectivity index (χ0) is 10.7. The Labute approximate surface area is 87.0 Å². The largest absolute Gasteiger partial charge is 0.345 e. The van der Waals surface area contributed by atoms with Crippen LogP contribution in [0.15, 0.2) is 36.4 Å². The van der Waals surface area contributed by atoms with Gasteiger partial charge in [0.1, 0.15) is 6.04 Å². The van der Waals surface area contributed by atoms with Gasteiger partial charge in [-0.15, -0.1) is 0 Å². The third-order valence-electron chi connectivity index (χ3n) is 2.04. The molecule has 75 valence electrons. The molecule has 2 rings (SSSR count). The summed E-state index contributed by atoms with van der Waals surface area (Å²) in [5.41, 5.74) is 0.978. The lowest BCUT2D eigenvalue weighted by Gasteiger charge is -1.98. The number of imide groups is 1. The summed E-state index contributed by atoms with van der Waals surface area (Å²) >= 11 is 0. The highest BCUT2D eigenvalue weighted by molar-refractivity contribution is 6.05. The summed E-state index contributed by atoms with van der Waals surface area (Å²) < 4.78 is 0. The second-order valence-electron chi connectivity index (χ2n) is 3.15. The molecule has 1 heterocycles. The molecule has 0 saturated carbocycles. The van der Waals surface area contributed by atoms with Crippen molar-refractivity contribution in [3.8, 4) is 0 Å². The first-order valence-electron chi connectivity index (χ1n) is 4.55. The van der Waals surface area contributed by atoms with Crippen LogP contribution < -0.4 is 10.6 Å². The van der Waals surface area contributed by atoms with Crippen molar-refractivity contribution in [3.63, 3.8) is 0 Å². The number of nitrogens with zero attached hydrogens (tertiary/aromatic N) is 1. The monoisotopic (exact) mass is 201 g/mol. The first-order valence-corrected chi connectivity index (χ1v) is 4.55. The summed E-state index contributed by atoms with van der Waals surface area (Å²) in [5, 5.41) is 5.67. The molecule has 1 aromatic rings. The molecule has 4 nitrogen and oxygen atoms in total. The number of amides is 3. The Balaban J connectivity index is 2.06. The molecular weight excluding hydrogens is 192 g/mol. The molecule has 0 spiro atoms. The zero-order valence-electron chi connectivity index (χ0n) is 7.88. The van der Waals surface area contributed by atoms with Gasteiger partial charge < -0.3 is 5.32 Å². The van der Waals surface area contributed by atoms with Gasteiger partial charge in [-0.25, -0.2) is 4.79 Å². The van der Waals surface area contributed by atoms with E-state index in [0.717, 1.165) is 5.56 Å². The Morgan fingerprint density at radius 3 is 2.53 bits per heavy atom. The van der Waals surface area contributed by atoms with Crippen LogP contribution in [-0.2, 0) is 4.79 Å². The lowest BCUT2D eigenvalue weighted by Crippen LogP contribution is -2.25. The van der Waals surface area contributed by atoms with Gasteiger partial charge in [0, 0.05) is 0 Å². The molecule has 1 aliphatic rings. The Hall–Kier alpha value is -2.10. The van der Waals surface area contributed by atoms with E-state index in [1.54, 1.807) is 12.2 Å². The molecule has 1 radical (unpaired) electrons. The third-order valence-corrected chi connectivity index (χ3v) is 2.04. The minimum absolute atomic E-state index is 0.438. The van der Waals surface area contributed by atoms with Crippen molar-refractivity contribution in [1.82, 2.24) is 10.6 Å². The first kappa shape index (κ1) is 9.45. The Morgan fingerprint density at radius 2 is 1.93 bits per heavy atom. The minimum atomic E-state index is -0.613. The fraction of sp³-hybridized carbons (Fsp3) is 0.0909. The molecule has 3 amide bonds. The van der Waals surface area contributed by atoms with Crippen molar-refractivity contribution in [2.24, 2.45) is 0 Å². The van der Waals surface area contributed by atoms with Crippen LogP contribution in [0.2, 0.25) is 0 Å². The summed E-state index contributed by atoms with van der Waals surface area (Å²) in [6.45, 7) is 0. The molecule has 0 aromatic heterocycles. The molecule has 1 aliphatic heterocycles. The predicted molar refractivity (Wildman–Crippen MR) is 54.9 cm³/mol. The van der Waals surface area contributed by atoms with Gasteiger partial charge >= 0.3 is 6.03 Å². The maximum atomic E-state index is 11.1. The SMILES string of the molecule is O=C1[N]C(=O)C(/C=C/c2ccccc2)N1. The van der Waals surface area contributed by atoms with Crippen molar-refractivity contribution in [3.05, 3.63) is 42.0 Å². The Morgan fingerprint density at radius 1 is 1.20 bits per heavy atom. The maximum Gasteiger partial charge on any atom is 0.345 e. The number of hydrogen-bond donors (Lipinski definition) is 1. The molecule has 1 N–H and O–H groups in total. The number of carbonyl (C=O) groups excluding carboxylic acids is 2. The van der Waals surface area contributed by atoms with E-state index in [-0.39, 0.29) is 0 Å². The van der Waals surface area contributed by atoms with Crippen molar-refractivity contribution >= 4 is 18.0 Å². The topological polar surface area (TPSA) is 60.3 Å². The van der Waals surface area contributed by atoms with Crippen molar-refractivity contribution in [1.29, 1.82) is 0 Å². The molecule has 15 heavy (non-hydrogen) atoms. The van der Waals surface area contributed by atoms with E-state index < -0.39 is 18.0 Å². The van der Waals surface area contributed by atoms with E-state index in [0.29, 0.717) is 0 Å². The number of benzene rings is 1. The highest BCUT2D eigenvalue weighted by Gasteiger charge is 2.29. The maximum absolute atomic E-state index is 11.1. The van der Waals surface area contributed by atoms with Crippen LogP contribution in [0.5, 0.6) is 0 Å². The van der Waals surface area contributed by atoms with E-state index in [1.807, 2.05) is 30.3 Å². The van der Waals surface area contributed by atoms with Crippen LogP contribution in [0.25, 0.3) is 6.08 Å². The van der Waals surface area contributed by atoms with Gasteiger partial charge in [-0.2, -0.15) is 5.32 Å². The summed E-state index contributed by atoms with van der Waals surface area (Å²) in [4.78, 5) is 21.8. The average molecular weight is 201 g/mol. The van der Waals surface area contributed by atoms with Crippen LogP contribution in [0.3, 0.4) is 0 Å². The van der Waals surface area contributed by atoms with Crippen LogP contribution in [0, 0.1) is 0 Å². The number of nitrogens with one attached hydrogen (secondary N) is 1. The van der Waals surface area contributed by atoms with Gasteiger partial charge in [-0.1, -0.05) is 42.5 Å². The smallest absolute Gasteiger partial charge is 0.321 e. The second kappa shape index (κ2) is 3.96. The van der Waals surface area contributed by atoms with E-state index in [4.69, 9.17) is 0 Å². The number of hydrogen-bond acceptors (Lipinski definition) is 2. The van der Waals surface area contributed by atoms with Gasteiger partial charge in [-0.05, 0) is 5.56 Å². The van der Waals surface area contributed by atoms with Gasteiger partial charge in [0.2, 0.25) is 0 Å². The molecule has 0 bridgehead atoms. The normalized spacial score (nSPS) is 20.4. The molecule has 1 atom stereocenters. The van der Waals surface area contributed by atoms with Crippen molar-refractivity contribution in [2.75, 3.05) is 0 Å². The molecule has 0 aliphatic carbocycles. The standard InChI is InChI=1S/C11H9N2O2/c14-10-9(12-11(15)13-10)7-6-8-4-2-1-3-5-8/h1-7,9H,(H,12,15)/b7-6+. The molecule has 4 heteroatoms. The second-order valence-corrected chi connectivity index (χ2v) is 3.15. The quantitative estimate of drug-likeness (QED) is 0.723. The minimum Gasteiger partial charge on any atom is -0.321 e. The van der Waals surface area contributed by atoms with Crippen LogP contribution in [0.4, 0.5) is 4.79 Å². The van der Waals surface area contributed by atoms with Gasteiger partial charge in [0.05, 0.1) is 0 Å². The highest BCUT2D eigenvalue weighted by atomic mass is 16.2. The van der Waals surface area contributed by atoms with Gasteiger partial charge in [0.15, 0.2) is 0 Å².